The van der Waals surface area contributed by atoms with Gasteiger partial charge in [0.1, 0.15) is 5.82 Å². The van der Waals surface area contributed by atoms with Crippen LogP contribution in [0.25, 0.3) is 0 Å². The van der Waals surface area contributed by atoms with E-state index in [0.717, 1.165) is 16.3 Å². The molecule has 1 aromatic heterocycles. The molecule has 1 aromatic carbocycles. The average molecular weight is 307 g/mol. The first kappa shape index (κ1) is 15.4. The van der Waals surface area contributed by atoms with Gasteiger partial charge >= 0.3 is 6.03 Å². The van der Waals surface area contributed by atoms with E-state index < -0.39 is 0 Å². The van der Waals surface area contributed by atoms with Crippen molar-refractivity contribution in [3.8, 4) is 0 Å². The van der Waals surface area contributed by atoms with E-state index in [1.54, 1.807) is 42.3 Å². The number of amides is 2. The molecular formula is C15H18FN3OS. The SMILES string of the molecule is Cc1nc(CN(C)C(=O)NCc2ccc(F)c(C)c2)cs1. The highest BCUT2D eigenvalue weighted by Gasteiger charge is 2.10. The lowest BCUT2D eigenvalue weighted by atomic mass is 10.1. The highest BCUT2D eigenvalue weighted by Crippen LogP contribution is 2.11. The molecule has 0 saturated carbocycles. The molecule has 1 heterocycles. The highest BCUT2D eigenvalue weighted by molar-refractivity contribution is 7.09. The third-order valence-electron chi connectivity index (χ3n) is 3.08. The van der Waals surface area contributed by atoms with Gasteiger partial charge in [-0.2, -0.15) is 0 Å². The molecule has 0 saturated heterocycles. The predicted octanol–water partition coefficient (Wildman–Crippen LogP) is 3.24. The van der Waals surface area contributed by atoms with E-state index in [1.807, 2.05) is 12.3 Å². The van der Waals surface area contributed by atoms with Crippen LogP contribution in [0.4, 0.5) is 9.18 Å². The third-order valence-corrected chi connectivity index (χ3v) is 3.90. The minimum atomic E-state index is -0.235. The minimum absolute atomic E-state index is 0.178. The normalized spacial score (nSPS) is 10.5. The molecule has 0 atom stereocenters. The van der Waals surface area contributed by atoms with Gasteiger partial charge in [-0.3, -0.25) is 0 Å². The van der Waals surface area contributed by atoms with Crippen molar-refractivity contribution in [3.05, 3.63) is 51.2 Å². The van der Waals surface area contributed by atoms with E-state index >= 15 is 0 Å². The number of carbonyl (C=O) groups is 1. The Hall–Kier alpha value is -1.95. The molecule has 2 rings (SSSR count). The van der Waals surface area contributed by atoms with Crippen molar-refractivity contribution >= 4 is 17.4 Å². The van der Waals surface area contributed by atoms with Gasteiger partial charge in [-0.1, -0.05) is 12.1 Å². The largest absolute Gasteiger partial charge is 0.334 e. The number of benzene rings is 1. The standard InChI is InChI=1S/C15H18FN3OS/c1-10-6-12(4-5-14(10)16)7-17-15(20)19(3)8-13-9-21-11(2)18-13/h4-6,9H,7-8H2,1-3H3,(H,17,20). The summed E-state index contributed by atoms with van der Waals surface area (Å²) in [5, 5.41) is 5.75. The fourth-order valence-electron chi connectivity index (χ4n) is 1.93. The number of hydrogen-bond donors (Lipinski definition) is 1. The van der Waals surface area contributed by atoms with Crippen LogP contribution in [0.3, 0.4) is 0 Å². The molecule has 1 N–H and O–H groups in total. The van der Waals surface area contributed by atoms with Crippen LogP contribution in [0.15, 0.2) is 23.6 Å². The number of nitrogens with one attached hydrogen (secondary N) is 1. The summed E-state index contributed by atoms with van der Waals surface area (Å²) < 4.78 is 13.2. The van der Waals surface area contributed by atoms with Crippen LogP contribution in [-0.4, -0.2) is 23.0 Å². The molecule has 0 aliphatic heterocycles. The maximum absolute atomic E-state index is 13.2. The summed E-state index contributed by atoms with van der Waals surface area (Å²) in [4.78, 5) is 17.9. The van der Waals surface area contributed by atoms with Crippen LogP contribution in [0.1, 0.15) is 21.8 Å². The van der Waals surface area contributed by atoms with Crippen molar-refractivity contribution in [2.45, 2.75) is 26.9 Å². The topological polar surface area (TPSA) is 45.2 Å². The van der Waals surface area contributed by atoms with Crippen molar-refractivity contribution in [1.82, 2.24) is 15.2 Å². The van der Waals surface area contributed by atoms with Crippen molar-refractivity contribution in [3.63, 3.8) is 0 Å². The predicted molar refractivity (Wildman–Crippen MR) is 81.7 cm³/mol. The number of hydrogen-bond acceptors (Lipinski definition) is 3. The smallest absolute Gasteiger partial charge is 0.317 e. The molecule has 0 aliphatic rings. The summed E-state index contributed by atoms with van der Waals surface area (Å²) in [6.07, 6.45) is 0. The van der Waals surface area contributed by atoms with E-state index in [9.17, 15) is 9.18 Å². The molecule has 2 amide bonds. The maximum atomic E-state index is 13.2. The fraction of sp³-hybridized carbons (Fsp3) is 0.333. The summed E-state index contributed by atoms with van der Waals surface area (Å²) in [6, 6.07) is 4.65. The lowest BCUT2D eigenvalue weighted by molar-refractivity contribution is 0.206. The first-order valence-electron chi connectivity index (χ1n) is 6.60. The third kappa shape index (κ3) is 4.26. The Labute approximate surface area is 127 Å². The second-order valence-corrected chi connectivity index (χ2v) is 6.02. The first-order valence-corrected chi connectivity index (χ1v) is 7.48. The number of urea groups is 1. The molecule has 0 bridgehead atoms. The number of rotatable bonds is 4. The Kier molecular flexibility index (Phi) is 4.90. The Morgan fingerprint density at radius 3 is 2.81 bits per heavy atom. The van der Waals surface area contributed by atoms with Crippen molar-refractivity contribution in [2.24, 2.45) is 0 Å². The highest BCUT2D eigenvalue weighted by atomic mass is 32.1. The van der Waals surface area contributed by atoms with Gasteiger partial charge in [0.2, 0.25) is 0 Å². The zero-order chi connectivity index (χ0) is 15.4. The monoisotopic (exact) mass is 307 g/mol. The maximum Gasteiger partial charge on any atom is 0.317 e. The lowest BCUT2D eigenvalue weighted by Gasteiger charge is -2.17. The molecule has 0 fully saturated rings. The Bertz CT molecular complexity index is 642. The molecule has 4 nitrogen and oxygen atoms in total. The number of halogens is 1. The quantitative estimate of drug-likeness (QED) is 0.942. The molecular weight excluding hydrogens is 289 g/mol. The van der Waals surface area contributed by atoms with Gasteiger partial charge in [0.05, 0.1) is 17.2 Å². The van der Waals surface area contributed by atoms with Crippen LogP contribution >= 0.6 is 11.3 Å². The van der Waals surface area contributed by atoms with E-state index in [2.05, 4.69) is 10.3 Å². The Balaban J connectivity index is 1.87. The molecule has 6 heteroatoms. The molecule has 0 radical (unpaired) electrons. The molecule has 0 aliphatic carbocycles. The van der Waals surface area contributed by atoms with Gasteiger partial charge in [0, 0.05) is 19.0 Å². The summed E-state index contributed by atoms with van der Waals surface area (Å²) in [5.74, 6) is -0.235. The van der Waals surface area contributed by atoms with Crippen LogP contribution < -0.4 is 5.32 Å². The number of thiazole rings is 1. The van der Waals surface area contributed by atoms with Gasteiger partial charge in [0.15, 0.2) is 0 Å². The van der Waals surface area contributed by atoms with E-state index in [0.29, 0.717) is 18.7 Å². The van der Waals surface area contributed by atoms with Crippen LogP contribution in [0.5, 0.6) is 0 Å². The summed E-state index contributed by atoms with van der Waals surface area (Å²) in [7, 11) is 1.72. The number of aryl methyl sites for hydroxylation is 2. The zero-order valence-corrected chi connectivity index (χ0v) is 13.1. The fourth-order valence-corrected chi connectivity index (χ4v) is 2.53. The second-order valence-electron chi connectivity index (χ2n) is 4.96. The molecule has 0 spiro atoms. The van der Waals surface area contributed by atoms with Gasteiger partial charge < -0.3 is 10.2 Å². The van der Waals surface area contributed by atoms with Gasteiger partial charge in [-0.05, 0) is 31.0 Å². The zero-order valence-electron chi connectivity index (χ0n) is 12.3. The van der Waals surface area contributed by atoms with Crippen molar-refractivity contribution < 1.29 is 9.18 Å². The van der Waals surface area contributed by atoms with E-state index in [4.69, 9.17) is 0 Å². The van der Waals surface area contributed by atoms with Crippen LogP contribution in [0.2, 0.25) is 0 Å². The van der Waals surface area contributed by atoms with E-state index in [1.165, 1.54) is 6.07 Å². The Morgan fingerprint density at radius 2 is 2.19 bits per heavy atom. The van der Waals surface area contributed by atoms with Crippen LogP contribution in [0, 0.1) is 19.7 Å². The van der Waals surface area contributed by atoms with Crippen molar-refractivity contribution in [2.75, 3.05) is 7.05 Å². The van der Waals surface area contributed by atoms with Gasteiger partial charge in [-0.25, -0.2) is 14.2 Å². The molecule has 0 unspecified atom stereocenters. The van der Waals surface area contributed by atoms with Crippen molar-refractivity contribution in [1.29, 1.82) is 0 Å². The minimum Gasteiger partial charge on any atom is -0.334 e. The Morgan fingerprint density at radius 1 is 1.43 bits per heavy atom. The second kappa shape index (κ2) is 6.67. The summed E-state index contributed by atoms with van der Waals surface area (Å²) in [5.41, 5.74) is 2.33. The number of carbonyl (C=O) groups excluding carboxylic acids is 1. The summed E-state index contributed by atoms with van der Waals surface area (Å²) >= 11 is 1.57. The van der Waals surface area contributed by atoms with Crippen LogP contribution in [-0.2, 0) is 13.1 Å². The van der Waals surface area contributed by atoms with E-state index in [-0.39, 0.29) is 11.8 Å². The lowest BCUT2D eigenvalue weighted by Crippen LogP contribution is -2.36. The molecule has 21 heavy (non-hydrogen) atoms. The number of aromatic nitrogens is 1. The summed E-state index contributed by atoms with van der Waals surface area (Å²) in [6.45, 7) is 4.49. The van der Waals surface area contributed by atoms with Gasteiger partial charge in [-0.15, -0.1) is 11.3 Å². The molecule has 2 aromatic rings. The van der Waals surface area contributed by atoms with Gasteiger partial charge in [0.25, 0.3) is 0 Å². The average Bonchev–Trinajstić information content (AvgIpc) is 2.85. The number of nitrogens with zero attached hydrogens (tertiary/aromatic N) is 2. The molecule has 112 valence electrons. The first-order chi connectivity index (χ1) is 9.95.